The molecule has 0 spiro atoms. The van der Waals surface area contributed by atoms with Crippen LogP contribution in [0.4, 0.5) is 0 Å². The number of imide groups is 1. The van der Waals surface area contributed by atoms with Gasteiger partial charge >= 0.3 is 5.97 Å². The Morgan fingerprint density at radius 3 is 2.45 bits per heavy atom. The highest BCUT2D eigenvalue weighted by molar-refractivity contribution is 6.02. The number of carboxylic acids is 1. The van der Waals surface area contributed by atoms with Crippen molar-refractivity contribution in [2.24, 2.45) is 0 Å². The molecular weight excluding hydrogens is 268 g/mol. The van der Waals surface area contributed by atoms with Crippen LogP contribution in [-0.4, -0.2) is 60.0 Å². The van der Waals surface area contributed by atoms with Crippen LogP contribution in [0.5, 0.6) is 0 Å². The van der Waals surface area contributed by atoms with E-state index in [1.165, 1.54) is 7.11 Å². The molecule has 20 heavy (non-hydrogen) atoms. The maximum Gasteiger partial charge on any atom is 0.326 e. The maximum atomic E-state index is 11.6. The highest BCUT2D eigenvalue weighted by atomic mass is 16.5. The molecule has 1 heterocycles. The number of rotatable bonds is 8. The van der Waals surface area contributed by atoms with Crippen molar-refractivity contribution in [3.8, 4) is 0 Å². The fourth-order valence-electron chi connectivity index (χ4n) is 1.85. The standard InChI is InChI=1S/C12H18N2O6/c1-20-7-5-8(12(18)19)13-9(15)4-6-14-10(16)2-3-11(14)17/h8H,2-7H2,1H3,(H,13,15)(H,18,19). The fraction of sp³-hybridized carbons (Fsp3) is 0.667. The van der Waals surface area contributed by atoms with Gasteiger partial charge in [0.1, 0.15) is 6.04 Å². The summed E-state index contributed by atoms with van der Waals surface area (Å²) in [6.45, 7) is 0.195. The van der Waals surface area contributed by atoms with E-state index in [-0.39, 0.29) is 50.6 Å². The van der Waals surface area contributed by atoms with Crippen LogP contribution in [0.1, 0.15) is 25.7 Å². The molecule has 1 atom stereocenters. The maximum absolute atomic E-state index is 11.6. The van der Waals surface area contributed by atoms with Crippen molar-refractivity contribution in [1.29, 1.82) is 0 Å². The predicted molar refractivity (Wildman–Crippen MR) is 66.6 cm³/mol. The van der Waals surface area contributed by atoms with Crippen LogP contribution in [0.15, 0.2) is 0 Å². The third-order valence-corrected chi connectivity index (χ3v) is 2.96. The molecule has 0 aromatic carbocycles. The lowest BCUT2D eigenvalue weighted by molar-refractivity contribution is -0.143. The highest BCUT2D eigenvalue weighted by Crippen LogP contribution is 2.11. The van der Waals surface area contributed by atoms with E-state index in [9.17, 15) is 19.2 Å². The number of methoxy groups -OCH3 is 1. The summed E-state index contributed by atoms with van der Waals surface area (Å²) in [5.41, 5.74) is 0. The van der Waals surface area contributed by atoms with E-state index in [2.05, 4.69) is 5.32 Å². The second-order valence-corrected chi connectivity index (χ2v) is 4.43. The topological polar surface area (TPSA) is 113 Å². The number of nitrogens with one attached hydrogen (secondary N) is 1. The quantitative estimate of drug-likeness (QED) is 0.561. The molecule has 8 nitrogen and oxygen atoms in total. The Labute approximate surface area is 116 Å². The van der Waals surface area contributed by atoms with Crippen LogP contribution >= 0.6 is 0 Å². The second kappa shape index (κ2) is 7.59. The molecular formula is C12H18N2O6. The minimum atomic E-state index is -1.15. The first-order valence-electron chi connectivity index (χ1n) is 6.30. The molecule has 1 unspecified atom stereocenters. The van der Waals surface area contributed by atoms with Crippen LogP contribution in [0, 0.1) is 0 Å². The number of nitrogens with zero attached hydrogens (tertiary/aromatic N) is 1. The number of hydrogen-bond acceptors (Lipinski definition) is 5. The summed E-state index contributed by atoms with van der Waals surface area (Å²) in [4.78, 5) is 46.2. The number of aliphatic carboxylic acids is 1. The second-order valence-electron chi connectivity index (χ2n) is 4.43. The average molecular weight is 286 g/mol. The highest BCUT2D eigenvalue weighted by Gasteiger charge is 2.29. The van der Waals surface area contributed by atoms with Gasteiger partial charge in [0.05, 0.1) is 0 Å². The molecule has 0 aromatic rings. The van der Waals surface area contributed by atoms with E-state index in [4.69, 9.17) is 9.84 Å². The fourth-order valence-corrected chi connectivity index (χ4v) is 1.85. The number of carbonyl (C=O) groups excluding carboxylic acids is 3. The Balaban J connectivity index is 2.39. The van der Waals surface area contributed by atoms with Gasteiger partial charge in [-0.1, -0.05) is 0 Å². The molecule has 1 aliphatic heterocycles. The number of carboxylic acid groups (broad SMARTS) is 1. The molecule has 0 aliphatic carbocycles. The van der Waals surface area contributed by atoms with E-state index >= 15 is 0 Å². The summed E-state index contributed by atoms with van der Waals surface area (Å²) < 4.78 is 4.76. The lowest BCUT2D eigenvalue weighted by atomic mass is 10.2. The molecule has 1 saturated heterocycles. The largest absolute Gasteiger partial charge is 0.480 e. The molecule has 1 fully saturated rings. The monoisotopic (exact) mass is 286 g/mol. The van der Waals surface area contributed by atoms with Crippen molar-refractivity contribution < 1.29 is 29.0 Å². The van der Waals surface area contributed by atoms with Crippen molar-refractivity contribution >= 4 is 23.7 Å². The van der Waals surface area contributed by atoms with Gasteiger partial charge in [-0.15, -0.1) is 0 Å². The van der Waals surface area contributed by atoms with Crippen LogP contribution < -0.4 is 5.32 Å². The number of carbonyl (C=O) groups is 4. The first kappa shape index (κ1) is 16.1. The number of hydrogen-bond donors (Lipinski definition) is 2. The summed E-state index contributed by atoms with van der Waals surface area (Å²) in [5, 5.41) is 11.3. The summed E-state index contributed by atoms with van der Waals surface area (Å²) >= 11 is 0. The molecule has 0 aromatic heterocycles. The molecule has 112 valence electrons. The van der Waals surface area contributed by atoms with Gasteiger partial charge < -0.3 is 15.2 Å². The minimum absolute atomic E-state index is 0.0138. The molecule has 0 saturated carbocycles. The predicted octanol–water partition coefficient (Wildman–Crippen LogP) is -0.869. The minimum Gasteiger partial charge on any atom is -0.480 e. The summed E-state index contributed by atoms with van der Waals surface area (Å²) in [7, 11) is 1.44. The van der Waals surface area contributed by atoms with E-state index < -0.39 is 17.9 Å². The third kappa shape index (κ3) is 4.61. The Morgan fingerprint density at radius 2 is 1.95 bits per heavy atom. The van der Waals surface area contributed by atoms with Crippen molar-refractivity contribution in [3.05, 3.63) is 0 Å². The van der Waals surface area contributed by atoms with Gasteiger partial charge in [-0.25, -0.2) is 4.79 Å². The van der Waals surface area contributed by atoms with E-state index in [1.807, 2.05) is 0 Å². The lowest BCUT2D eigenvalue weighted by Crippen LogP contribution is -2.43. The Kier molecular flexibility index (Phi) is 6.10. The van der Waals surface area contributed by atoms with Crippen molar-refractivity contribution in [2.45, 2.75) is 31.7 Å². The zero-order valence-electron chi connectivity index (χ0n) is 11.3. The molecule has 3 amide bonds. The van der Waals surface area contributed by atoms with Crippen molar-refractivity contribution in [1.82, 2.24) is 10.2 Å². The van der Waals surface area contributed by atoms with E-state index in [0.717, 1.165) is 4.90 Å². The van der Waals surface area contributed by atoms with Gasteiger partial charge in [-0.2, -0.15) is 0 Å². The zero-order chi connectivity index (χ0) is 15.1. The molecule has 8 heteroatoms. The van der Waals surface area contributed by atoms with Gasteiger partial charge in [0.2, 0.25) is 17.7 Å². The van der Waals surface area contributed by atoms with Crippen molar-refractivity contribution in [2.75, 3.05) is 20.3 Å². The van der Waals surface area contributed by atoms with Crippen molar-refractivity contribution in [3.63, 3.8) is 0 Å². The van der Waals surface area contributed by atoms with Crippen LogP contribution in [-0.2, 0) is 23.9 Å². The number of amides is 3. The summed E-state index contributed by atoms with van der Waals surface area (Å²) in [6, 6.07) is -1.03. The lowest BCUT2D eigenvalue weighted by Gasteiger charge is -2.16. The average Bonchev–Trinajstić information content (AvgIpc) is 2.71. The van der Waals surface area contributed by atoms with E-state index in [0.29, 0.717) is 0 Å². The molecule has 1 aliphatic rings. The van der Waals surface area contributed by atoms with Crippen LogP contribution in [0.3, 0.4) is 0 Å². The molecule has 0 bridgehead atoms. The summed E-state index contributed by atoms with van der Waals surface area (Å²) in [5.74, 6) is -2.25. The number of likely N-dealkylation sites (tertiary alicyclic amines) is 1. The van der Waals surface area contributed by atoms with Crippen LogP contribution in [0.25, 0.3) is 0 Å². The van der Waals surface area contributed by atoms with Crippen LogP contribution in [0.2, 0.25) is 0 Å². The molecule has 1 rings (SSSR count). The Morgan fingerprint density at radius 1 is 1.35 bits per heavy atom. The van der Waals surface area contributed by atoms with Gasteiger partial charge in [0, 0.05) is 45.9 Å². The van der Waals surface area contributed by atoms with Gasteiger partial charge in [-0.05, 0) is 0 Å². The van der Waals surface area contributed by atoms with Gasteiger partial charge in [-0.3, -0.25) is 19.3 Å². The zero-order valence-corrected chi connectivity index (χ0v) is 11.3. The molecule has 2 N–H and O–H groups in total. The summed E-state index contributed by atoms with van der Waals surface area (Å²) in [6.07, 6.45) is 0.394. The molecule has 0 radical (unpaired) electrons. The Bertz CT molecular complexity index is 393. The Hall–Kier alpha value is -1.96. The SMILES string of the molecule is COCCC(NC(=O)CCN1C(=O)CCC1=O)C(=O)O. The number of ether oxygens (including phenoxy) is 1. The smallest absolute Gasteiger partial charge is 0.326 e. The van der Waals surface area contributed by atoms with Gasteiger partial charge in [0.15, 0.2) is 0 Å². The first-order valence-corrected chi connectivity index (χ1v) is 6.30. The van der Waals surface area contributed by atoms with E-state index in [1.54, 1.807) is 0 Å². The first-order chi connectivity index (χ1) is 9.45. The third-order valence-electron chi connectivity index (χ3n) is 2.96. The van der Waals surface area contributed by atoms with Gasteiger partial charge in [0.25, 0.3) is 0 Å². The normalized spacial score (nSPS) is 16.4.